The van der Waals surface area contributed by atoms with Gasteiger partial charge in [0.25, 0.3) is 10.0 Å². The lowest BCUT2D eigenvalue weighted by Gasteiger charge is -2.02. The van der Waals surface area contributed by atoms with Crippen LogP contribution in [0.25, 0.3) is 0 Å². The Morgan fingerprint density at radius 2 is 1.90 bits per heavy atom. The predicted molar refractivity (Wildman–Crippen MR) is 69.7 cm³/mol. The van der Waals surface area contributed by atoms with E-state index in [4.69, 9.17) is 4.42 Å². The van der Waals surface area contributed by atoms with E-state index in [1.54, 1.807) is 0 Å². The average Bonchev–Trinajstić information content (AvgIpc) is 2.88. The third-order valence-electron chi connectivity index (χ3n) is 2.28. The molecule has 1 N–H and O–H groups in total. The molecule has 1 aromatic heterocycles. The summed E-state index contributed by atoms with van der Waals surface area (Å²) in [6, 6.07) is 6.50. The summed E-state index contributed by atoms with van der Waals surface area (Å²) < 4.78 is 41.0. The molecule has 1 heterocycles. The molecule has 0 saturated heterocycles. The number of halogens is 1. The highest BCUT2D eigenvalue weighted by Crippen LogP contribution is 2.14. The van der Waals surface area contributed by atoms with E-state index in [1.165, 1.54) is 6.07 Å². The van der Waals surface area contributed by atoms with Gasteiger partial charge in [0.15, 0.2) is 5.76 Å². The zero-order valence-corrected chi connectivity index (χ0v) is 11.1. The number of nitrogens with one attached hydrogen (secondary N) is 1. The molecule has 110 valence electrons. The van der Waals surface area contributed by atoms with Gasteiger partial charge in [0.2, 0.25) is 0 Å². The highest BCUT2D eigenvalue weighted by molar-refractivity contribution is 7.89. The van der Waals surface area contributed by atoms with Crippen molar-refractivity contribution < 1.29 is 22.1 Å². The topological polar surface area (TPSA) is 115 Å². The van der Waals surface area contributed by atoms with Gasteiger partial charge in [-0.1, -0.05) is 0 Å². The SMILES string of the molecule is O=[N+]([O-])c1ccc(/C=N/NS(=O)(=O)c2ccc(F)cc2)o1. The first kappa shape index (κ1) is 14.7. The molecule has 0 spiro atoms. The van der Waals surface area contributed by atoms with Crippen LogP contribution in [0.5, 0.6) is 0 Å². The fraction of sp³-hybridized carbons (Fsp3) is 0. The molecule has 1 aromatic carbocycles. The molecule has 0 unspecified atom stereocenters. The molecular formula is C11H8FN3O5S. The van der Waals surface area contributed by atoms with Crippen molar-refractivity contribution >= 4 is 22.1 Å². The Balaban J connectivity index is 2.08. The van der Waals surface area contributed by atoms with E-state index >= 15 is 0 Å². The van der Waals surface area contributed by atoms with Gasteiger partial charge in [0.05, 0.1) is 17.2 Å². The van der Waals surface area contributed by atoms with Crippen molar-refractivity contribution in [2.24, 2.45) is 5.10 Å². The van der Waals surface area contributed by atoms with E-state index in [1.807, 2.05) is 4.83 Å². The van der Waals surface area contributed by atoms with E-state index in [0.29, 0.717) is 0 Å². The molecule has 0 atom stereocenters. The molecule has 21 heavy (non-hydrogen) atoms. The van der Waals surface area contributed by atoms with Crippen LogP contribution in [0.15, 0.2) is 50.8 Å². The third-order valence-corrected chi connectivity index (χ3v) is 3.52. The van der Waals surface area contributed by atoms with Gasteiger partial charge in [-0.2, -0.15) is 18.4 Å². The number of sulfonamides is 1. The number of nitrogens with zero attached hydrogens (tertiary/aromatic N) is 2. The maximum atomic E-state index is 12.7. The van der Waals surface area contributed by atoms with Crippen LogP contribution in [0.2, 0.25) is 0 Å². The van der Waals surface area contributed by atoms with Crippen molar-refractivity contribution in [3.8, 4) is 0 Å². The summed E-state index contributed by atoms with van der Waals surface area (Å²) in [7, 11) is -3.95. The lowest BCUT2D eigenvalue weighted by Crippen LogP contribution is -2.18. The Kier molecular flexibility index (Phi) is 3.98. The standard InChI is InChI=1S/C11H8FN3O5S/c12-8-1-4-10(5-2-8)21(18,19)14-13-7-9-3-6-11(20-9)15(16)17/h1-7,14H/b13-7+. The fourth-order valence-electron chi connectivity index (χ4n) is 1.34. The Morgan fingerprint density at radius 3 is 2.48 bits per heavy atom. The molecular weight excluding hydrogens is 305 g/mol. The summed E-state index contributed by atoms with van der Waals surface area (Å²) in [5, 5.41) is 13.8. The number of hydrazone groups is 1. The zero-order valence-electron chi connectivity index (χ0n) is 10.3. The number of benzene rings is 1. The monoisotopic (exact) mass is 313 g/mol. The van der Waals surface area contributed by atoms with Crippen LogP contribution in [0.3, 0.4) is 0 Å². The second-order valence-electron chi connectivity index (χ2n) is 3.74. The Bertz CT molecular complexity index is 782. The van der Waals surface area contributed by atoms with Gasteiger partial charge >= 0.3 is 5.88 Å². The molecule has 8 nitrogen and oxygen atoms in total. The van der Waals surface area contributed by atoms with Crippen LogP contribution in [-0.2, 0) is 10.0 Å². The largest absolute Gasteiger partial charge is 0.433 e. The minimum Gasteiger partial charge on any atom is -0.400 e. The van der Waals surface area contributed by atoms with Gasteiger partial charge in [-0.05, 0) is 30.3 Å². The fourth-order valence-corrected chi connectivity index (χ4v) is 2.13. The van der Waals surface area contributed by atoms with Crippen LogP contribution in [0.4, 0.5) is 10.3 Å². The van der Waals surface area contributed by atoms with E-state index < -0.39 is 26.6 Å². The Labute approximate surface area is 118 Å². The maximum Gasteiger partial charge on any atom is 0.433 e. The van der Waals surface area contributed by atoms with E-state index in [0.717, 1.165) is 36.5 Å². The zero-order chi connectivity index (χ0) is 15.5. The number of hydrogen-bond donors (Lipinski definition) is 1. The van der Waals surface area contributed by atoms with Crippen LogP contribution >= 0.6 is 0 Å². The quantitative estimate of drug-likeness (QED) is 0.512. The highest BCUT2D eigenvalue weighted by Gasteiger charge is 2.13. The van der Waals surface area contributed by atoms with Crippen LogP contribution in [0.1, 0.15) is 5.76 Å². The molecule has 0 fully saturated rings. The summed E-state index contributed by atoms with van der Waals surface area (Å²) in [5.74, 6) is -1.05. The first-order chi connectivity index (χ1) is 9.88. The maximum absolute atomic E-state index is 12.7. The second-order valence-corrected chi connectivity index (χ2v) is 5.40. The van der Waals surface area contributed by atoms with E-state index in [-0.39, 0.29) is 10.7 Å². The molecule has 10 heteroatoms. The van der Waals surface area contributed by atoms with Gasteiger partial charge in [0.1, 0.15) is 10.7 Å². The first-order valence-corrected chi connectivity index (χ1v) is 6.91. The molecule has 2 aromatic rings. The van der Waals surface area contributed by atoms with E-state index in [2.05, 4.69) is 5.10 Å². The summed E-state index contributed by atoms with van der Waals surface area (Å²) >= 11 is 0. The predicted octanol–water partition coefficient (Wildman–Crippen LogP) is 1.64. The van der Waals surface area contributed by atoms with Gasteiger partial charge in [-0.25, -0.2) is 4.39 Å². The van der Waals surface area contributed by atoms with Crippen molar-refractivity contribution in [1.29, 1.82) is 0 Å². The number of nitro groups is 1. The molecule has 0 radical (unpaired) electrons. The minimum atomic E-state index is -3.95. The third kappa shape index (κ3) is 3.63. The van der Waals surface area contributed by atoms with Crippen molar-refractivity contribution in [2.75, 3.05) is 0 Å². The Morgan fingerprint density at radius 1 is 1.24 bits per heavy atom. The van der Waals surface area contributed by atoms with Crippen LogP contribution in [0, 0.1) is 15.9 Å². The van der Waals surface area contributed by atoms with Gasteiger partial charge in [-0.15, -0.1) is 0 Å². The minimum absolute atomic E-state index is 0.00325. The summed E-state index contributed by atoms with van der Waals surface area (Å²) in [6.07, 6.45) is 0.966. The lowest BCUT2D eigenvalue weighted by atomic mass is 10.4. The number of rotatable bonds is 5. The van der Waals surface area contributed by atoms with Gasteiger partial charge in [0, 0.05) is 0 Å². The Hall–Kier alpha value is -2.75. The van der Waals surface area contributed by atoms with Crippen molar-refractivity contribution in [1.82, 2.24) is 4.83 Å². The molecule has 0 saturated carbocycles. The van der Waals surface area contributed by atoms with Crippen molar-refractivity contribution in [3.05, 3.63) is 58.1 Å². The van der Waals surface area contributed by atoms with Gasteiger partial charge < -0.3 is 4.42 Å². The molecule has 0 aliphatic heterocycles. The van der Waals surface area contributed by atoms with Crippen LogP contribution in [-0.4, -0.2) is 19.6 Å². The molecule has 0 aliphatic rings. The van der Waals surface area contributed by atoms with Gasteiger partial charge in [-0.3, -0.25) is 10.1 Å². The summed E-state index contributed by atoms with van der Waals surface area (Å²) in [5.41, 5.74) is 0. The summed E-state index contributed by atoms with van der Waals surface area (Å²) in [6.45, 7) is 0. The lowest BCUT2D eigenvalue weighted by molar-refractivity contribution is -0.402. The molecule has 0 amide bonds. The molecule has 0 bridgehead atoms. The normalized spacial score (nSPS) is 11.7. The number of hydrogen-bond acceptors (Lipinski definition) is 6. The molecule has 2 rings (SSSR count). The second kappa shape index (κ2) is 5.71. The number of furan rings is 1. The van der Waals surface area contributed by atoms with Crippen molar-refractivity contribution in [2.45, 2.75) is 4.90 Å². The van der Waals surface area contributed by atoms with E-state index in [9.17, 15) is 22.9 Å². The van der Waals surface area contributed by atoms with Crippen LogP contribution < -0.4 is 4.83 Å². The first-order valence-electron chi connectivity index (χ1n) is 5.43. The van der Waals surface area contributed by atoms with Crippen molar-refractivity contribution in [3.63, 3.8) is 0 Å². The molecule has 0 aliphatic carbocycles. The summed E-state index contributed by atoms with van der Waals surface area (Å²) in [4.78, 5) is 11.3. The average molecular weight is 313 g/mol. The smallest absolute Gasteiger partial charge is 0.400 e. The highest BCUT2D eigenvalue weighted by atomic mass is 32.2.